The van der Waals surface area contributed by atoms with E-state index in [9.17, 15) is 8.42 Å². The molecule has 0 aliphatic carbocycles. The lowest BCUT2D eigenvalue weighted by Gasteiger charge is -2.10. The summed E-state index contributed by atoms with van der Waals surface area (Å²) in [5.41, 5.74) is 0.325. The number of aromatic nitrogens is 1. The third-order valence-corrected chi connectivity index (χ3v) is 4.22. The molecule has 1 saturated heterocycles. The summed E-state index contributed by atoms with van der Waals surface area (Å²) < 4.78 is 22.5. The molecule has 0 aromatic carbocycles. The summed E-state index contributed by atoms with van der Waals surface area (Å²) >= 11 is 0. The van der Waals surface area contributed by atoms with Crippen LogP contribution in [0.3, 0.4) is 0 Å². The van der Waals surface area contributed by atoms with Crippen molar-refractivity contribution in [3.05, 3.63) is 23.9 Å². The molecule has 0 radical (unpaired) electrons. The maximum atomic E-state index is 11.2. The average Bonchev–Trinajstić information content (AvgIpc) is 2.58. The van der Waals surface area contributed by atoms with Crippen molar-refractivity contribution in [3.63, 3.8) is 0 Å². The van der Waals surface area contributed by atoms with Crippen molar-refractivity contribution in [1.82, 2.24) is 4.98 Å². The van der Waals surface area contributed by atoms with Crippen molar-refractivity contribution in [1.29, 1.82) is 5.26 Å². The van der Waals surface area contributed by atoms with Crippen LogP contribution >= 0.6 is 0 Å². The van der Waals surface area contributed by atoms with Crippen molar-refractivity contribution in [2.45, 2.75) is 12.5 Å². The summed E-state index contributed by atoms with van der Waals surface area (Å²) in [6.07, 6.45) is 0.598. The average molecular weight is 237 g/mol. The highest BCUT2D eigenvalue weighted by Crippen LogP contribution is 2.16. The van der Waals surface area contributed by atoms with Crippen LogP contribution in [0.5, 0.6) is 0 Å². The van der Waals surface area contributed by atoms with Gasteiger partial charge in [-0.15, -0.1) is 0 Å². The number of rotatable bonds is 2. The summed E-state index contributed by atoms with van der Waals surface area (Å²) in [5.74, 6) is 0.926. The van der Waals surface area contributed by atoms with Gasteiger partial charge in [-0.1, -0.05) is 6.07 Å². The number of hydrogen-bond donors (Lipinski definition) is 1. The van der Waals surface area contributed by atoms with Gasteiger partial charge in [0, 0.05) is 6.04 Å². The van der Waals surface area contributed by atoms with Crippen LogP contribution in [0.15, 0.2) is 18.2 Å². The molecule has 1 aromatic heterocycles. The Balaban J connectivity index is 2.08. The molecule has 16 heavy (non-hydrogen) atoms. The van der Waals surface area contributed by atoms with E-state index in [0.29, 0.717) is 17.9 Å². The Morgan fingerprint density at radius 2 is 2.31 bits per heavy atom. The number of nitrogens with zero attached hydrogens (tertiary/aromatic N) is 2. The highest BCUT2D eigenvalue weighted by Gasteiger charge is 2.27. The van der Waals surface area contributed by atoms with Gasteiger partial charge < -0.3 is 5.32 Å². The molecule has 0 saturated carbocycles. The minimum absolute atomic E-state index is 0.0913. The van der Waals surface area contributed by atoms with E-state index in [0.717, 1.165) is 0 Å². The lowest BCUT2D eigenvalue weighted by molar-refractivity contribution is 0.602. The second kappa shape index (κ2) is 4.10. The molecule has 0 bridgehead atoms. The molecule has 84 valence electrons. The van der Waals surface area contributed by atoms with Crippen LogP contribution in [0, 0.1) is 11.3 Å². The van der Waals surface area contributed by atoms with E-state index in [2.05, 4.69) is 10.3 Å². The first kappa shape index (κ1) is 10.9. The monoisotopic (exact) mass is 237 g/mol. The highest BCUT2D eigenvalue weighted by molar-refractivity contribution is 7.91. The van der Waals surface area contributed by atoms with Gasteiger partial charge in [0.25, 0.3) is 0 Å². The van der Waals surface area contributed by atoms with E-state index in [1.165, 1.54) is 0 Å². The first-order valence-corrected chi connectivity index (χ1v) is 6.75. The van der Waals surface area contributed by atoms with Gasteiger partial charge >= 0.3 is 0 Å². The van der Waals surface area contributed by atoms with Gasteiger partial charge in [0.1, 0.15) is 17.6 Å². The van der Waals surface area contributed by atoms with E-state index >= 15 is 0 Å². The predicted octanol–water partition coefficient (Wildman–Crippen LogP) is 0.552. The van der Waals surface area contributed by atoms with Crippen LogP contribution in [-0.4, -0.2) is 30.9 Å². The van der Waals surface area contributed by atoms with Crippen LogP contribution in [0.1, 0.15) is 12.1 Å². The number of pyridine rings is 1. The van der Waals surface area contributed by atoms with E-state index in [4.69, 9.17) is 5.26 Å². The van der Waals surface area contributed by atoms with Crippen molar-refractivity contribution < 1.29 is 8.42 Å². The minimum atomic E-state index is -2.89. The van der Waals surface area contributed by atoms with Crippen LogP contribution in [0.4, 0.5) is 5.82 Å². The van der Waals surface area contributed by atoms with Crippen LogP contribution in [0.2, 0.25) is 0 Å². The lowest BCUT2D eigenvalue weighted by atomic mass is 10.2. The zero-order valence-corrected chi connectivity index (χ0v) is 9.37. The topological polar surface area (TPSA) is 82.9 Å². The first-order valence-electron chi connectivity index (χ1n) is 4.93. The minimum Gasteiger partial charge on any atom is -0.366 e. The van der Waals surface area contributed by atoms with Crippen molar-refractivity contribution >= 4 is 15.7 Å². The van der Waals surface area contributed by atoms with Crippen molar-refractivity contribution in [2.75, 3.05) is 16.8 Å². The van der Waals surface area contributed by atoms with Gasteiger partial charge in [0.2, 0.25) is 0 Å². The Morgan fingerprint density at radius 3 is 2.94 bits per heavy atom. The molecule has 5 nitrogen and oxygen atoms in total. The molecule has 1 aliphatic rings. The van der Waals surface area contributed by atoms with E-state index in [1.807, 2.05) is 6.07 Å². The Kier molecular flexibility index (Phi) is 2.79. The fraction of sp³-hybridized carbons (Fsp3) is 0.400. The maximum Gasteiger partial charge on any atom is 0.152 e. The molecule has 2 rings (SSSR count). The SMILES string of the molecule is N#Cc1cccc(NC2CCS(=O)(=O)C2)n1. The number of nitriles is 1. The normalized spacial score (nSPS) is 22.6. The Labute approximate surface area is 94.0 Å². The molecule has 1 aliphatic heterocycles. The zero-order chi connectivity index (χ0) is 11.6. The summed E-state index contributed by atoms with van der Waals surface area (Å²) in [6.45, 7) is 0. The third kappa shape index (κ3) is 2.49. The second-order valence-electron chi connectivity index (χ2n) is 3.76. The number of hydrogen-bond acceptors (Lipinski definition) is 5. The molecule has 2 heterocycles. The van der Waals surface area contributed by atoms with E-state index in [-0.39, 0.29) is 17.5 Å². The summed E-state index contributed by atoms with van der Waals surface area (Å²) in [6, 6.07) is 6.90. The molecule has 1 N–H and O–H groups in total. The second-order valence-corrected chi connectivity index (χ2v) is 5.99. The standard InChI is InChI=1S/C10H11N3O2S/c11-6-8-2-1-3-10(12-8)13-9-4-5-16(14,15)7-9/h1-3,9H,4-5,7H2,(H,12,13). The number of nitrogens with one attached hydrogen (secondary N) is 1. The molecule has 1 fully saturated rings. The summed E-state index contributed by atoms with van der Waals surface area (Å²) in [7, 11) is -2.89. The predicted molar refractivity (Wildman–Crippen MR) is 59.6 cm³/mol. The summed E-state index contributed by atoms with van der Waals surface area (Å²) in [5, 5.41) is 11.7. The number of anilines is 1. The molecule has 0 spiro atoms. The zero-order valence-electron chi connectivity index (χ0n) is 8.55. The fourth-order valence-electron chi connectivity index (χ4n) is 1.70. The molecule has 0 amide bonds. The van der Waals surface area contributed by atoms with E-state index < -0.39 is 9.84 Å². The van der Waals surface area contributed by atoms with Gasteiger partial charge in [0.05, 0.1) is 11.5 Å². The van der Waals surface area contributed by atoms with Crippen molar-refractivity contribution in [2.24, 2.45) is 0 Å². The third-order valence-electron chi connectivity index (χ3n) is 2.45. The quantitative estimate of drug-likeness (QED) is 0.812. The van der Waals surface area contributed by atoms with Gasteiger partial charge in [-0.05, 0) is 18.6 Å². The molecule has 1 atom stereocenters. The molecular weight excluding hydrogens is 226 g/mol. The maximum absolute atomic E-state index is 11.2. The summed E-state index contributed by atoms with van der Waals surface area (Å²) in [4.78, 5) is 4.04. The molecular formula is C10H11N3O2S. The van der Waals surface area contributed by atoms with Crippen molar-refractivity contribution in [3.8, 4) is 6.07 Å². The van der Waals surface area contributed by atoms with Crippen LogP contribution in [-0.2, 0) is 9.84 Å². The molecule has 1 unspecified atom stereocenters. The van der Waals surface area contributed by atoms with Gasteiger partial charge in [-0.3, -0.25) is 0 Å². The van der Waals surface area contributed by atoms with Crippen LogP contribution < -0.4 is 5.32 Å². The highest BCUT2D eigenvalue weighted by atomic mass is 32.2. The Hall–Kier alpha value is -1.61. The van der Waals surface area contributed by atoms with Gasteiger partial charge in [0.15, 0.2) is 9.84 Å². The van der Waals surface area contributed by atoms with E-state index in [1.54, 1.807) is 18.2 Å². The molecule has 6 heteroatoms. The lowest BCUT2D eigenvalue weighted by Crippen LogP contribution is -2.21. The largest absolute Gasteiger partial charge is 0.366 e. The first-order chi connectivity index (χ1) is 7.59. The smallest absolute Gasteiger partial charge is 0.152 e. The Morgan fingerprint density at radius 1 is 1.50 bits per heavy atom. The fourth-order valence-corrected chi connectivity index (χ4v) is 3.37. The van der Waals surface area contributed by atoms with Gasteiger partial charge in [-0.25, -0.2) is 13.4 Å². The molecule has 1 aromatic rings. The Bertz CT molecular complexity index is 533. The number of sulfone groups is 1. The van der Waals surface area contributed by atoms with Crippen LogP contribution in [0.25, 0.3) is 0 Å². The van der Waals surface area contributed by atoms with Gasteiger partial charge in [-0.2, -0.15) is 5.26 Å².